The number of esters is 1. The van der Waals surface area contributed by atoms with Crippen LogP contribution in [0.3, 0.4) is 0 Å². The summed E-state index contributed by atoms with van der Waals surface area (Å²) < 4.78 is 7.72. The predicted molar refractivity (Wildman–Crippen MR) is 126 cm³/mol. The number of ether oxygens (including phenoxy) is 1. The van der Waals surface area contributed by atoms with Gasteiger partial charge < -0.3 is 9.30 Å². The van der Waals surface area contributed by atoms with Crippen molar-refractivity contribution in [1.29, 1.82) is 0 Å². The van der Waals surface area contributed by atoms with Crippen LogP contribution in [0.2, 0.25) is 0 Å². The van der Waals surface area contributed by atoms with Gasteiger partial charge in [0, 0.05) is 34.0 Å². The molecule has 0 aliphatic carbocycles. The molecule has 0 N–H and O–H groups in total. The van der Waals surface area contributed by atoms with Crippen LogP contribution in [0.1, 0.15) is 30.5 Å². The van der Waals surface area contributed by atoms with Gasteiger partial charge in [-0.3, -0.25) is 4.79 Å². The number of aryl methyl sites for hydroxylation is 2. The highest BCUT2D eigenvalue weighted by Gasteiger charge is 2.20. The molecule has 4 rings (SSSR count). The molecule has 4 heteroatoms. The molecule has 0 radical (unpaired) electrons. The zero-order valence-electron chi connectivity index (χ0n) is 17.9. The quantitative estimate of drug-likeness (QED) is 0.268. The van der Waals surface area contributed by atoms with Gasteiger partial charge in [0.05, 0.1) is 18.0 Å². The van der Waals surface area contributed by atoms with Crippen LogP contribution in [0, 0.1) is 6.92 Å². The minimum Gasteiger partial charge on any atom is -0.463 e. The Morgan fingerprint density at radius 1 is 1.07 bits per heavy atom. The average molecular weight is 418 g/mol. The molecule has 0 bridgehead atoms. The van der Waals surface area contributed by atoms with Gasteiger partial charge >= 0.3 is 5.97 Å². The highest BCUT2D eigenvalue weighted by molar-refractivity contribution is 7.98. The number of hydrogen-bond acceptors (Lipinski definition) is 3. The van der Waals surface area contributed by atoms with Gasteiger partial charge in [-0.25, -0.2) is 0 Å². The van der Waals surface area contributed by atoms with E-state index in [9.17, 15) is 4.79 Å². The third kappa shape index (κ3) is 3.97. The molecule has 30 heavy (non-hydrogen) atoms. The normalized spacial score (nSPS) is 11.5. The third-order valence-corrected chi connectivity index (χ3v) is 6.55. The first-order valence-corrected chi connectivity index (χ1v) is 11.3. The zero-order chi connectivity index (χ0) is 21.3. The van der Waals surface area contributed by atoms with Gasteiger partial charge in [0.2, 0.25) is 0 Å². The lowest BCUT2D eigenvalue weighted by Gasteiger charge is -2.15. The Morgan fingerprint density at radius 3 is 2.50 bits per heavy atom. The fourth-order valence-electron chi connectivity index (χ4n) is 4.09. The van der Waals surface area contributed by atoms with Crippen molar-refractivity contribution < 1.29 is 9.53 Å². The minimum atomic E-state index is -0.177. The smallest absolute Gasteiger partial charge is 0.310 e. The number of carbonyl (C=O) groups is 1. The minimum absolute atomic E-state index is 0.111. The molecule has 0 unspecified atom stereocenters. The molecule has 154 valence electrons. The maximum atomic E-state index is 12.5. The molecule has 0 saturated heterocycles. The van der Waals surface area contributed by atoms with E-state index in [4.69, 9.17) is 4.74 Å². The lowest BCUT2D eigenvalue weighted by atomic mass is 10.0. The van der Waals surface area contributed by atoms with Crippen molar-refractivity contribution in [3.05, 3.63) is 77.4 Å². The van der Waals surface area contributed by atoms with E-state index in [0.717, 1.165) is 11.3 Å². The SMILES string of the molecule is Cc1cc(CC(=O)OC(C)C)c(SCc2ccccc2)c2c1c1ccccc1n2C. The topological polar surface area (TPSA) is 31.2 Å². The van der Waals surface area contributed by atoms with E-state index in [0.29, 0.717) is 0 Å². The van der Waals surface area contributed by atoms with Crippen molar-refractivity contribution in [1.82, 2.24) is 4.57 Å². The van der Waals surface area contributed by atoms with Gasteiger partial charge in [-0.2, -0.15) is 0 Å². The van der Waals surface area contributed by atoms with E-state index in [2.05, 4.69) is 73.1 Å². The molecule has 0 aliphatic rings. The largest absolute Gasteiger partial charge is 0.463 e. The van der Waals surface area contributed by atoms with Crippen molar-refractivity contribution in [3.63, 3.8) is 0 Å². The van der Waals surface area contributed by atoms with Crippen LogP contribution in [0.15, 0.2) is 65.6 Å². The summed E-state index contributed by atoms with van der Waals surface area (Å²) in [5.41, 5.74) is 5.91. The fraction of sp³-hybridized carbons (Fsp3) is 0.269. The number of rotatable bonds is 6. The lowest BCUT2D eigenvalue weighted by Crippen LogP contribution is -2.14. The van der Waals surface area contributed by atoms with Crippen LogP contribution in [-0.2, 0) is 28.8 Å². The van der Waals surface area contributed by atoms with Crippen molar-refractivity contribution in [3.8, 4) is 0 Å². The van der Waals surface area contributed by atoms with Gasteiger partial charge in [0.1, 0.15) is 0 Å². The number of aromatic nitrogens is 1. The summed E-state index contributed by atoms with van der Waals surface area (Å²) in [5.74, 6) is 0.677. The Balaban J connectivity index is 1.87. The molecular formula is C26H27NO2S. The lowest BCUT2D eigenvalue weighted by molar-refractivity contribution is -0.146. The monoisotopic (exact) mass is 417 g/mol. The second-order valence-corrected chi connectivity index (χ2v) is 8.96. The third-order valence-electron chi connectivity index (χ3n) is 5.33. The maximum Gasteiger partial charge on any atom is 0.310 e. The van der Waals surface area contributed by atoms with E-state index in [1.165, 1.54) is 37.8 Å². The summed E-state index contributed by atoms with van der Waals surface area (Å²) in [7, 11) is 2.12. The van der Waals surface area contributed by atoms with Crippen molar-refractivity contribution in [2.45, 2.75) is 43.9 Å². The second kappa shape index (κ2) is 8.57. The first kappa shape index (κ1) is 20.5. The Labute approximate surface area is 182 Å². The van der Waals surface area contributed by atoms with Crippen molar-refractivity contribution >= 4 is 39.5 Å². The summed E-state index contributed by atoms with van der Waals surface area (Å²) >= 11 is 1.80. The van der Waals surface area contributed by atoms with Gasteiger partial charge in [0.25, 0.3) is 0 Å². The Bertz CT molecular complexity index is 1210. The Hall–Kier alpha value is -2.72. The standard InChI is InChI=1S/C26H27NO2S/c1-17(2)29-23(28)15-20-14-18(3)24-21-12-8-9-13-22(21)27(4)25(24)26(20)30-16-19-10-6-5-7-11-19/h5-14,17H,15-16H2,1-4H3. The number of thioether (sulfide) groups is 1. The fourth-order valence-corrected chi connectivity index (χ4v) is 5.29. The predicted octanol–water partition coefficient (Wildman–Crippen LogP) is 6.43. The summed E-state index contributed by atoms with van der Waals surface area (Å²) in [4.78, 5) is 13.7. The molecule has 0 aliphatic heterocycles. The number of benzene rings is 3. The van der Waals surface area contributed by atoms with Crippen LogP contribution in [0.4, 0.5) is 0 Å². The molecule has 3 aromatic carbocycles. The van der Waals surface area contributed by atoms with Crippen molar-refractivity contribution in [2.75, 3.05) is 0 Å². The van der Waals surface area contributed by atoms with E-state index in [-0.39, 0.29) is 18.5 Å². The molecule has 1 aromatic heterocycles. The molecule has 0 spiro atoms. The molecule has 3 nitrogen and oxygen atoms in total. The number of para-hydroxylation sites is 1. The van der Waals surface area contributed by atoms with Crippen LogP contribution in [-0.4, -0.2) is 16.6 Å². The summed E-state index contributed by atoms with van der Waals surface area (Å²) in [5, 5.41) is 2.52. The molecule has 0 saturated carbocycles. The van der Waals surface area contributed by atoms with E-state index >= 15 is 0 Å². The molecule has 0 atom stereocenters. The van der Waals surface area contributed by atoms with Gasteiger partial charge in [-0.1, -0.05) is 54.6 Å². The summed E-state index contributed by atoms with van der Waals surface area (Å²) in [6.45, 7) is 5.92. The number of nitrogens with zero attached hydrogens (tertiary/aromatic N) is 1. The van der Waals surface area contributed by atoms with Crippen LogP contribution in [0.5, 0.6) is 0 Å². The van der Waals surface area contributed by atoms with Crippen molar-refractivity contribution in [2.24, 2.45) is 7.05 Å². The van der Waals surface area contributed by atoms with Crippen LogP contribution < -0.4 is 0 Å². The molecule has 0 fully saturated rings. The number of fused-ring (bicyclic) bond motifs is 3. The first-order valence-electron chi connectivity index (χ1n) is 10.3. The Morgan fingerprint density at radius 2 is 1.77 bits per heavy atom. The van der Waals surface area contributed by atoms with Crippen LogP contribution in [0.25, 0.3) is 21.8 Å². The Kier molecular flexibility index (Phi) is 5.87. The highest BCUT2D eigenvalue weighted by atomic mass is 32.2. The summed E-state index contributed by atoms with van der Waals surface area (Å²) in [6, 6.07) is 21.1. The van der Waals surface area contributed by atoms with Gasteiger partial charge in [-0.15, -0.1) is 11.8 Å². The maximum absolute atomic E-state index is 12.5. The number of carbonyl (C=O) groups excluding carboxylic acids is 1. The van der Waals surface area contributed by atoms with Gasteiger partial charge in [0.15, 0.2) is 0 Å². The summed E-state index contributed by atoms with van der Waals surface area (Å²) in [6.07, 6.45) is 0.175. The van der Waals surface area contributed by atoms with E-state index in [1.807, 2.05) is 19.9 Å². The molecular weight excluding hydrogens is 390 g/mol. The zero-order valence-corrected chi connectivity index (χ0v) is 18.8. The number of hydrogen-bond donors (Lipinski definition) is 0. The van der Waals surface area contributed by atoms with E-state index < -0.39 is 0 Å². The molecule has 1 heterocycles. The highest BCUT2D eigenvalue weighted by Crippen LogP contribution is 2.40. The average Bonchev–Trinajstić information content (AvgIpc) is 3.01. The molecule has 4 aromatic rings. The first-order chi connectivity index (χ1) is 14.5. The second-order valence-electron chi connectivity index (χ2n) is 7.97. The van der Waals surface area contributed by atoms with Crippen LogP contribution >= 0.6 is 11.8 Å². The van der Waals surface area contributed by atoms with Gasteiger partial charge in [-0.05, 0) is 43.5 Å². The van der Waals surface area contributed by atoms with E-state index in [1.54, 1.807) is 11.8 Å². The molecule has 0 amide bonds.